The van der Waals surface area contributed by atoms with Crippen LogP contribution in [0, 0.1) is 6.92 Å². The molecule has 0 spiro atoms. The van der Waals surface area contributed by atoms with E-state index in [1.54, 1.807) is 12.1 Å². The first-order valence-electron chi connectivity index (χ1n) is 5.18. The Hall–Kier alpha value is -2.43. The van der Waals surface area contributed by atoms with E-state index in [2.05, 4.69) is 10.2 Å². The molecule has 1 N–H and O–H groups in total. The normalized spacial score (nSPS) is 11.1. The molecule has 0 aliphatic carbocycles. The lowest BCUT2D eigenvalue weighted by Gasteiger charge is -2.06. The average Bonchev–Trinajstić information content (AvgIpc) is 2.34. The number of nitrogens with zero attached hydrogens (tertiary/aromatic N) is 2. The van der Waals surface area contributed by atoms with Crippen molar-refractivity contribution in [3.05, 3.63) is 56.6 Å². The third kappa shape index (κ3) is 1.29. The van der Waals surface area contributed by atoms with Gasteiger partial charge < -0.3 is 0 Å². The Morgan fingerprint density at radius 3 is 2.82 bits per heavy atom. The van der Waals surface area contributed by atoms with E-state index in [0.717, 1.165) is 10.9 Å². The highest BCUT2D eigenvalue weighted by Gasteiger charge is 2.07. The Morgan fingerprint density at radius 2 is 2.00 bits per heavy atom. The second kappa shape index (κ2) is 3.28. The van der Waals surface area contributed by atoms with Crippen LogP contribution < -0.4 is 11.1 Å². The second-order valence-electron chi connectivity index (χ2n) is 3.90. The lowest BCUT2D eigenvalue weighted by atomic mass is 10.1. The van der Waals surface area contributed by atoms with Gasteiger partial charge in [0.2, 0.25) is 0 Å². The number of H-pyrrole nitrogens is 1. The van der Waals surface area contributed by atoms with E-state index in [4.69, 9.17) is 0 Å². The van der Waals surface area contributed by atoms with Gasteiger partial charge in [-0.1, -0.05) is 18.2 Å². The summed E-state index contributed by atoms with van der Waals surface area (Å²) in [7, 11) is 0. The topological polar surface area (TPSA) is 67.2 Å². The van der Waals surface area contributed by atoms with Crippen LogP contribution >= 0.6 is 0 Å². The highest BCUT2D eigenvalue weighted by atomic mass is 16.2. The summed E-state index contributed by atoms with van der Waals surface area (Å²) in [5.41, 5.74) is 0.846. The Balaban J connectivity index is 2.76. The van der Waals surface area contributed by atoms with E-state index in [1.807, 2.05) is 25.1 Å². The van der Waals surface area contributed by atoms with Crippen LogP contribution in [0.25, 0.3) is 16.6 Å². The summed E-state index contributed by atoms with van der Waals surface area (Å²) in [6.45, 7) is 1.94. The second-order valence-corrected chi connectivity index (χ2v) is 3.90. The largest absolute Gasteiger partial charge is 0.330 e. The number of fused-ring (bicyclic) bond motifs is 3. The monoisotopic (exact) mass is 227 g/mol. The molecule has 0 unspecified atom stereocenters. The van der Waals surface area contributed by atoms with Crippen LogP contribution in [0.3, 0.4) is 0 Å². The van der Waals surface area contributed by atoms with Crippen molar-refractivity contribution in [2.75, 3.05) is 0 Å². The first-order valence-corrected chi connectivity index (χ1v) is 5.18. The molecule has 3 rings (SSSR count). The van der Waals surface area contributed by atoms with Crippen LogP contribution in [0.5, 0.6) is 0 Å². The quantitative estimate of drug-likeness (QED) is 0.457. The Bertz CT molecular complexity index is 846. The van der Waals surface area contributed by atoms with Gasteiger partial charge in [-0.2, -0.15) is 5.10 Å². The molecule has 0 radical (unpaired) electrons. The Kier molecular flexibility index (Phi) is 1.89. The molecule has 0 saturated heterocycles. The number of para-hydroxylation sites is 1. The number of rotatable bonds is 0. The third-order valence-corrected chi connectivity index (χ3v) is 2.81. The van der Waals surface area contributed by atoms with Crippen molar-refractivity contribution in [1.82, 2.24) is 14.6 Å². The van der Waals surface area contributed by atoms with Crippen molar-refractivity contribution in [3.8, 4) is 0 Å². The van der Waals surface area contributed by atoms with Crippen molar-refractivity contribution >= 4 is 16.6 Å². The van der Waals surface area contributed by atoms with Gasteiger partial charge in [0.05, 0.1) is 5.52 Å². The van der Waals surface area contributed by atoms with Gasteiger partial charge in [0.1, 0.15) is 0 Å². The SMILES string of the molecule is Cc1cc2n[nH]c(=O)c(=O)n2c2ccccc12. The minimum Gasteiger partial charge on any atom is -0.262 e. The molecule has 2 heterocycles. The smallest absolute Gasteiger partial charge is 0.262 e. The van der Waals surface area contributed by atoms with Gasteiger partial charge in [0, 0.05) is 5.39 Å². The van der Waals surface area contributed by atoms with Crippen LogP contribution in [0.4, 0.5) is 0 Å². The number of benzene rings is 1. The summed E-state index contributed by atoms with van der Waals surface area (Å²) in [6, 6.07) is 9.22. The molecular formula is C12H9N3O2. The number of aromatic nitrogens is 3. The first-order chi connectivity index (χ1) is 8.18. The molecule has 0 atom stereocenters. The number of pyridine rings is 1. The maximum Gasteiger partial charge on any atom is 0.330 e. The minimum atomic E-state index is -0.712. The van der Waals surface area contributed by atoms with Gasteiger partial charge in [-0.25, -0.2) is 5.10 Å². The van der Waals surface area contributed by atoms with E-state index < -0.39 is 11.1 Å². The first kappa shape index (κ1) is 9.77. The van der Waals surface area contributed by atoms with Gasteiger partial charge in [-0.15, -0.1) is 0 Å². The highest BCUT2D eigenvalue weighted by Crippen LogP contribution is 2.18. The molecule has 2 aromatic heterocycles. The number of nitrogens with one attached hydrogen (secondary N) is 1. The van der Waals surface area contributed by atoms with Gasteiger partial charge in [0.15, 0.2) is 5.65 Å². The van der Waals surface area contributed by atoms with Gasteiger partial charge in [-0.05, 0) is 24.6 Å². The molecule has 5 heteroatoms. The molecule has 0 amide bonds. The number of aromatic amines is 1. The third-order valence-electron chi connectivity index (χ3n) is 2.81. The van der Waals surface area contributed by atoms with E-state index >= 15 is 0 Å². The van der Waals surface area contributed by atoms with Crippen LogP contribution in [0.15, 0.2) is 39.9 Å². The summed E-state index contributed by atoms with van der Waals surface area (Å²) in [5.74, 6) is 0. The Labute approximate surface area is 95.3 Å². The van der Waals surface area contributed by atoms with Gasteiger partial charge >= 0.3 is 11.1 Å². The molecule has 0 aliphatic rings. The predicted octanol–water partition coefficient (Wildman–Crippen LogP) is 0.844. The molecule has 17 heavy (non-hydrogen) atoms. The summed E-state index contributed by atoms with van der Waals surface area (Å²) in [5, 5.41) is 7.01. The minimum absolute atomic E-state index is 0.450. The molecule has 0 fully saturated rings. The molecule has 3 aromatic rings. The van der Waals surface area contributed by atoms with Crippen molar-refractivity contribution in [2.24, 2.45) is 0 Å². The van der Waals surface area contributed by atoms with Crippen molar-refractivity contribution < 1.29 is 0 Å². The molecule has 1 aromatic carbocycles. The molecule has 0 aliphatic heterocycles. The van der Waals surface area contributed by atoms with Crippen LogP contribution in [-0.4, -0.2) is 14.6 Å². The summed E-state index contributed by atoms with van der Waals surface area (Å²) in [4.78, 5) is 23.1. The van der Waals surface area contributed by atoms with E-state index in [-0.39, 0.29) is 0 Å². The fraction of sp³-hybridized carbons (Fsp3) is 0.0833. The number of hydrogen-bond acceptors (Lipinski definition) is 3. The zero-order valence-corrected chi connectivity index (χ0v) is 9.10. The zero-order valence-electron chi connectivity index (χ0n) is 9.10. The maximum absolute atomic E-state index is 11.8. The molecule has 0 saturated carbocycles. The fourth-order valence-corrected chi connectivity index (χ4v) is 2.01. The predicted molar refractivity (Wildman–Crippen MR) is 64.3 cm³/mol. The van der Waals surface area contributed by atoms with Crippen LogP contribution in [0.1, 0.15) is 5.56 Å². The van der Waals surface area contributed by atoms with Crippen LogP contribution in [0.2, 0.25) is 0 Å². The van der Waals surface area contributed by atoms with Gasteiger partial charge in [0.25, 0.3) is 0 Å². The van der Waals surface area contributed by atoms with Gasteiger partial charge in [-0.3, -0.25) is 14.0 Å². The fourth-order valence-electron chi connectivity index (χ4n) is 2.01. The van der Waals surface area contributed by atoms with E-state index in [1.165, 1.54) is 4.40 Å². The lowest BCUT2D eigenvalue weighted by molar-refractivity contribution is 0.912. The van der Waals surface area contributed by atoms with E-state index in [9.17, 15) is 9.59 Å². The van der Waals surface area contributed by atoms with E-state index in [0.29, 0.717) is 11.2 Å². The summed E-state index contributed by atoms with van der Waals surface area (Å²) < 4.78 is 1.33. The molecule has 0 bridgehead atoms. The molecule has 84 valence electrons. The average molecular weight is 227 g/mol. The standard InChI is InChI=1S/C12H9N3O2/c1-7-6-10-13-14-11(16)12(17)15(10)9-5-3-2-4-8(7)9/h2-6H,1H3,(H,14,16). The van der Waals surface area contributed by atoms with Crippen molar-refractivity contribution in [2.45, 2.75) is 6.92 Å². The number of aryl methyl sites for hydroxylation is 1. The highest BCUT2D eigenvalue weighted by molar-refractivity contribution is 5.85. The van der Waals surface area contributed by atoms with Crippen LogP contribution in [-0.2, 0) is 0 Å². The lowest BCUT2D eigenvalue weighted by Crippen LogP contribution is -2.34. The molecular weight excluding hydrogens is 218 g/mol. The maximum atomic E-state index is 11.8. The molecule has 5 nitrogen and oxygen atoms in total. The Morgan fingerprint density at radius 1 is 1.24 bits per heavy atom. The number of hydrogen-bond donors (Lipinski definition) is 1. The summed E-state index contributed by atoms with van der Waals surface area (Å²) in [6.07, 6.45) is 0. The zero-order chi connectivity index (χ0) is 12.0. The van der Waals surface area contributed by atoms with Crippen molar-refractivity contribution in [3.63, 3.8) is 0 Å². The summed E-state index contributed by atoms with van der Waals surface area (Å²) >= 11 is 0. The van der Waals surface area contributed by atoms with Crippen molar-refractivity contribution in [1.29, 1.82) is 0 Å².